The highest BCUT2D eigenvalue weighted by atomic mass is 35.5. The first kappa shape index (κ1) is 13.9. The maximum absolute atomic E-state index is 11.0. The molecule has 0 aliphatic carbocycles. The highest BCUT2D eigenvalue weighted by molar-refractivity contribution is 6.35. The van der Waals surface area contributed by atoms with Crippen LogP contribution in [0.25, 0.3) is 11.1 Å². The molecule has 2 aromatic carbocycles. The molecule has 0 amide bonds. The summed E-state index contributed by atoms with van der Waals surface area (Å²) in [6.07, 6.45) is 0. The van der Waals surface area contributed by atoms with Gasteiger partial charge in [-0.3, -0.25) is 4.79 Å². The van der Waals surface area contributed by atoms with Crippen molar-refractivity contribution in [1.82, 2.24) is 0 Å². The lowest BCUT2D eigenvalue weighted by Gasteiger charge is -2.10. The fourth-order valence-electron chi connectivity index (χ4n) is 1.84. The second kappa shape index (κ2) is 5.64. The first-order chi connectivity index (χ1) is 8.99. The standard InChI is InChI=1S/C15H12Cl2O2/c1-9(15(18)19)10-3-2-4-11(7-10)13-8-12(16)5-6-14(13)17/h2-9H,1H3,(H,18,19). The van der Waals surface area contributed by atoms with Crippen LogP contribution in [0, 0.1) is 0 Å². The number of aliphatic carboxylic acids is 1. The molecule has 0 radical (unpaired) electrons. The van der Waals surface area contributed by atoms with Crippen LogP contribution < -0.4 is 0 Å². The van der Waals surface area contributed by atoms with Gasteiger partial charge in [-0.1, -0.05) is 47.5 Å². The van der Waals surface area contributed by atoms with Gasteiger partial charge in [0, 0.05) is 15.6 Å². The molecule has 0 spiro atoms. The van der Waals surface area contributed by atoms with Crippen molar-refractivity contribution in [2.45, 2.75) is 12.8 Å². The maximum Gasteiger partial charge on any atom is 0.310 e. The number of rotatable bonds is 3. The zero-order valence-electron chi connectivity index (χ0n) is 10.2. The van der Waals surface area contributed by atoms with E-state index in [-0.39, 0.29) is 0 Å². The summed E-state index contributed by atoms with van der Waals surface area (Å²) in [7, 11) is 0. The first-order valence-corrected chi connectivity index (χ1v) is 6.53. The van der Waals surface area contributed by atoms with Crippen LogP contribution in [-0.2, 0) is 4.79 Å². The highest BCUT2D eigenvalue weighted by Gasteiger charge is 2.14. The van der Waals surface area contributed by atoms with Crippen LogP contribution in [0.1, 0.15) is 18.4 Å². The Balaban J connectivity index is 2.49. The minimum atomic E-state index is -0.852. The van der Waals surface area contributed by atoms with Crippen molar-refractivity contribution in [3.63, 3.8) is 0 Å². The molecule has 0 heterocycles. The van der Waals surface area contributed by atoms with Gasteiger partial charge in [0.15, 0.2) is 0 Å². The van der Waals surface area contributed by atoms with Crippen molar-refractivity contribution in [2.75, 3.05) is 0 Å². The first-order valence-electron chi connectivity index (χ1n) is 5.77. The van der Waals surface area contributed by atoms with E-state index >= 15 is 0 Å². The van der Waals surface area contributed by atoms with E-state index < -0.39 is 11.9 Å². The van der Waals surface area contributed by atoms with E-state index in [2.05, 4.69) is 0 Å². The molecule has 19 heavy (non-hydrogen) atoms. The summed E-state index contributed by atoms with van der Waals surface area (Å²) in [4.78, 5) is 11.0. The van der Waals surface area contributed by atoms with E-state index in [1.54, 1.807) is 31.2 Å². The van der Waals surface area contributed by atoms with Gasteiger partial charge in [0.25, 0.3) is 0 Å². The highest BCUT2D eigenvalue weighted by Crippen LogP contribution is 2.32. The quantitative estimate of drug-likeness (QED) is 0.879. The van der Waals surface area contributed by atoms with E-state index in [9.17, 15) is 4.79 Å². The number of carboxylic acid groups (broad SMARTS) is 1. The van der Waals surface area contributed by atoms with Crippen LogP contribution >= 0.6 is 23.2 Å². The van der Waals surface area contributed by atoms with Crippen molar-refractivity contribution in [3.05, 3.63) is 58.1 Å². The third-order valence-electron chi connectivity index (χ3n) is 3.00. The Bertz CT molecular complexity index is 623. The average Bonchev–Trinajstić information content (AvgIpc) is 2.40. The molecular weight excluding hydrogens is 283 g/mol. The smallest absolute Gasteiger partial charge is 0.310 e. The van der Waals surface area contributed by atoms with Gasteiger partial charge in [0.1, 0.15) is 0 Å². The van der Waals surface area contributed by atoms with Crippen LogP contribution in [0.2, 0.25) is 10.0 Å². The topological polar surface area (TPSA) is 37.3 Å². The molecule has 0 fully saturated rings. The summed E-state index contributed by atoms with van der Waals surface area (Å²) in [5.41, 5.74) is 2.40. The number of halogens is 2. The Morgan fingerprint density at radius 2 is 1.89 bits per heavy atom. The minimum absolute atomic E-state index is 0.557. The zero-order valence-corrected chi connectivity index (χ0v) is 11.7. The molecule has 2 aromatic rings. The Labute approximate surface area is 121 Å². The van der Waals surface area contributed by atoms with Gasteiger partial charge in [-0.25, -0.2) is 0 Å². The minimum Gasteiger partial charge on any atom is -0.481 e. The van der Waals surface area contributed by atoms with Crippen molar-refractivity contribution in [3.8, 4) is 11.1 Å². The number of hydrogen-bond donors (Lipinski definition) is 1. The monoisotopic (exact) mass is 294 g/mol. The van der Waals surface area contributed by atoms with E-state index in [4.69, 9.17) is 28.3 Å². The van der Waals surface area contributed by atoms with Gasteiger partial charge in [-0.2, -0.15) is 0 Å². The molecule has 0 aromatic heterocycles. The van der Waals surface area contributed by atoms with Gasteiger partial charge in [-0.05, 0) is 36.2 Å². The predicted octanol–water partition coefficient (Wildman–Crippen LogP) is 4.85. The summed E-state index contributed by atoms with van der Waals surface area (Å²) in [6, 6.07) is 12.5. The molecule has 0 aliphatic rings. The molecule has 0 saturated carbocycles. The lowest BCUT2D eigenvalue weighted by Crippen LogP contribution is -2.07. The van der Waals surface area contributed by atoms with Crippen molar-refractivity contribution >= 4 is 29.2 Å². The van der Waals surface area contributed by atoms with Gasteiger partial charge < -0.3 is 5.11 Å². The summed E-state index contributed by atoms with van der Waals surface area (Å²) in [5, 5.41) is 10.2. The summed E-state index contributed by atoms with van der Waals surface area (Å²) in [5.74, 6) is -1.41. The Hall–Kier alpha value is -1.51. The van der Waals surface area contributed by atoms with Gasteiger partial charge >= 0.3 is 5.97 Å². The zero-order chi connectivity index (χ0) is 14.0. The molecule has 2 rings (SSSR count). The molecule has 1 atom stereocenters. The predicted molar refractivity (Wildman–Crippen MR) is 77.9 cm³/mol. The van der Waals surface area contributed by atoms with Crippen LogP contribution in [0.4, 0.5) is 0 Å². The average molecular weight is 295 g/mol. The third kappa shape index (κ3) is 3.09. The summed E-state index contributed by atoms with van der Waals surface area (Å²) < 4.78 is 0. The second-order valence-electron chi connectivity index (χ2n) is 4.31. The second-order valence-corrected chi connectivity index (χ2v) is 5.15. The summed E-state index contributed by atoms with van der Waals surface area (Å²) >= 11 is 12.1. The molecule has 1 unspecified atom stereocenters. The van der Waals surface area contributed by atoms with Crippen LogP contribution in [-0.4, -0.2) is 11.1 Å². The van der Waals surface area contributed by atoms with Gasteiger partial charge in [0.2, 0.25) is 0 Å². The normalized spacial score (nSPS) is 12.2. The molecule has 4 heteroatoms. The van der Waals surface area contributed by atoms with E-state index in [0.29, 0.717) is 10.0 Å². The molecule has 2 nitrogen and oxygen atoms in total. The third-order valence-corrected chi connectivity index (χ3v) is 3.56. The van der Waals surface area contributed by atoms with E-state index in [0.717, 1.165) is 16.7 Å². The molecular formula is C15H12Cl2O2. The Morgan fingerprint density at radius 3 is 2.58 bits per heavy atom. The van der Waals surface area contributed by atoms with Crippen LogP contribution in [0.3, 0.4) is 0 Å². The van der Waals surface area contributed by atoms with Crippen molar-refractivity contribution < 1.29 is 9.90 Å². The van der Waals surface area contributed by atoms with Crippen LogP contribution in [0.5, 0.6) is 0 Å². The fourth-order valence-corrected chi connectivity index (χ4v) is 2.24. The molecule has 0 aliphatic heterocycles. The Morgan fingerprint density at radius 1 is 1.16 bits per heavy atom. The van der Waals surface area contributed by atoms with Crippen molar-refractivity contribution in [2.24, 2.45) is 0 Å². The van der Waals surface area contributed by atoms with Gasteiger partial charge in [0.05, 0.1) is 5.92 Å². The SMILES string of the molecule is CC(C(=O)O)c1cccc(-c2cc(Cl)ccc2Cl)c1. The van der Waals surface area contributed by atoms with E-state index in [1.807, 2.05) is 18.2 Å². The van der Waals surface area contributed by atoms with Crippen molar-refractivity contribution in [1.29, 1.82) is 0 Å². The van der Waals surface area contributed by atoms with E-state index in [1.165, 1.54) is 0 Å². The molecule has 1 N–H and O–H groups in total. The molecule has 0 bridgehead atoms. The fraction of sp³-hybridized carbons (Fsp3) is 0.133. The Kier molecular flexibility index (Phi) is 4.13. The lowest BCUT2D eigenvalue weighted by atomic mass is 9.96. The molecule has 98 valence electrons. The number of benzene rings is 2. The maximum atomic E-state index is 11.0. The number of carboxylic acids is 1. The summed E-state index contributed by atoms with van der Waals surface area (Å²) in [6.45, 7) is 1.65. The molecule has 0 saturated heterocycles. The van der Waals surface area contributed by atoms with Gasteiger partial charge in [-0.15, -0.1) is 0 Å². The van der Waals surface area contributed by atoms with Crippen LogP contribution in [0.15, 0.2) is 42.5 Å². The number of hydrogen-bond acceptors (Lipinski definition) is 1. The largest absolute Gasteiger partial charge is 0.481 e. The number of carbonyl (C=O) groups is 1. The lowest BCUT2D eigenvalue weighted by molar-refractivity contribution is -0.138.